The normalized spacial score (nSPS) is 17.8. The molecular weight excluding hydrogens is 424 g/mol. The molecule has 0 radical (unpaired) electrons. The monoisotopic (exact) mass is 449 g/mol. The van der Waals surface area contributed by atoms with Gasteiger partial charge in [-0.1, -0.05) is 18.2 Å². The lowest BCUT2D eigenvalue weighted by molar-refractivity contribution is 0.0442. The van der Waals surface area contributed by atoms with Crippen molar-refractivity contribution < 1.29 is 22.0 Å². The molecule has 0 unspecified atom stereocenters. The standard InChI is InChI=1S/C22H25F2N3O3S/c23-20-9-8-17(14-21(20)24)22(28)26-15-18(16-26)27(13-12-25-10-4-5-11-25)31(29,30)19-6-2-1-3-7-19/h1-3,6-9,14,18H,4-5,10-13,15-16H2. The highest BCUT2D eigenvalue weighted by Crippen LogP contribution is 2.25. The van der Waals surface area contributed by atoms with Crippen LogP contribution in [0.2, 0.25) is 0 Å². The minimum Gasteiger partial charge on any atom is -0.335 e. The Kier molecular flexibility index (Phi) is 6.36. The van der Waals surface area contributed by atoms with E-state index >= 15 is 0 Å². The predicted octanol–water partition coefficient (Wildman–Crippen LogP) is 2.58. The highest BCUT2D eigenvalue weighted by molar-refractivity contribution is 7.89. The fourth-order valence-electron chi connectivity index (χ4n) is 4.09. The topological polar surface area (TPSA) is 60.9 Å². The third kappa shape index (κ3) is 4.63. The Morgan fingerprint density at radius 1 is 1.00 bits per heavy atom. The second-order valence-electron chi connectivity index (χ2n) is 7.97. The summed E-state index contributed by atoms with van der Waals surface area (Å²) in [7, 11) is -3.72. The number of likely N-dealkylation sites (tertiary alicyclic amines) is 2. The SMILES string of the molecule is O=C(c1ccc(F)c(F)c1)N1CC(N(CCN2CCCC2)S(=O)(=O)c2ccccc2)C1. The van der Waals surface area contributed by atoms with Crippen molar-refractivity contribution in [3.63, 3.8) is 0 Å². The molecule has 0 aromatic heterocycles. The van der Waals surface area contributed by atoms with Gasteiger partial charge in [-0.25, -0.2) is 17.2 Å². The van der Waals surface area contributed by atoms with Crippen LogP contribution in [0.3, 0.4) is 0 Å². The van der Waals surface area contributed by atoms with Crippen molar-refractivity contribution in [1.82, 2.24) is 14.1 Å². The van der Waals surface area contributed by atoms with Crippen molar-refractivity contribution in [2.45, 2.75) is 23.8 Å². The molecule has 0 bridgehead atoms. The number of amides is 1. The molecular formula is C22H25F2N3O3S. The number of sulfonamides is 1. The van der Waals surface area contributed by atoms with Gasteiger partial charge in [0.05, 0.1) is 10.9 Å². The zero-order valence-electron chi connectivity index (χ0n) is 17.1. The summed E-state index contributed by atoms with van der Waals surface area (Å²) in [5, 5.41) is 0. The van der Waals surface area contributed by atoms with E-state index in [1.54, 1.807) is 30.3 Å². The first-order valence-electron chi connectivity index (χ1n) is 10.4. The quantitative estimate of drug-likeness (QED) is 0.652. The van der Waals surface area contributed by atoms with E-state index in [4.69, 9.17) is 0 Å². The molecule has 6 nitrogen and oxygen atoms in total. The van der Waals surface area contributed by atoms with Crippen molar-refractivity contribution in [2.24, 2.45) is 0 Å². The van der Waals surface area contributed by atoms with Gasteiger partial charge in [0, 0.05) is 31.7 Å². The largest absolute Gasteiger partial charge is 0.335 e. The Balaban J connectivity index is 1.48. The van der Waals surface area contributed by atoms with Gasteiger partial charge < -0.3 is 9.80 Å². The number of hydrogen-bond donors (Lipinski definition) is 0. The van der Waals surface area contributed by atoms with Gasteiger partial charge in [-0.2, -0.15) is 4.31 Å². The Morgan fingerprint density at radius 3 is 2.32 bits per heavy atom. The number of carbonyl (C=O) groups excluding carboxylic acids is 1. The molecule has 2 aliphatic heterocycles. The first-order chi connectivity index (χ1) is 14.9. The number of nitrogens with zero attached hydrogens (tertiary/aromatic N) is 3. The van der Waals surface area contributed by atoms with Crippen LogP contribution in [0.4, 0.5) is 8.78 Å². The summed E-state index contributed by atoms with van der Waals surface area (Å²) >= 11 is 0. The molecule has 0 aliphatic carbocycles. The van der Waals surface area contributed by atoms with Gasteiger partial charge in [-0.3, -0.25) is 4.79 Å². The van der Waals surface area contributed by atoms with E-state index in [0.29, 0.717) is 13.1 Å². The third-order valence-electron chi connectivity index (χ3n) is 5.91. The average molecular weight is 450 g/mol. The molecule has 2 heterocycles. The summed E-state index contributed by atoms with van der Waals surface area (Å²) in [5.74, 6) is -2.53. The highest BCUT2D eigenvalue weighted by atomic mass is 32.2. The van der Waals surface area contributed by atoms with E-state index in [1.807, 2.05) is 0 Å². The minimum atomic E-state index is -3.72. The van der Waals surface area contributed by atoms with Crippen LogP contribution in [0.25, 0.3) is 0 Å². The van der Waals surface area contributed by atoms with Crippen molar-refractivity contribution >= 4 is 15.9 Å². The fraction of sp³-hybridized carbons (Fsp3) is 0.409. The Labute approximate surface area is 181 Å². The van der Waals surface area contributed by atoms with Crippen LogP contribution in [0.1, 0.15) is 23.2 Å². The van der Waals surface area contributed by atoms with Gasteiger partial charge >= 0.3 is 0 Å². The van der Waals surface area contributed by atoms with Gasteiger partial charge in [0.25, 0.3) is 5.91 Å². The van der Waals surface area contributed by atoms with Crippen LogP contribution >= 0.6 is 0 Å². The lowest BCUT2D eigenvalue weighted by Gasteiger charge is -2.45. The molecule has 9 heteroatoms. The lowest BCUT2D eigenvalue weighted by Crippen LogP contribution is -2.63. The number of rotatable bonds is 7. The maximum atomic E-state index is 13.5. The van der Waals surface area contributed by atoms with Crippen LogP contribution in [0.5, 0.6) is 0 Å². The summed E-state index contributed by atoms with van der Waals surface area (Å²) < 4.78 is 54.7. The predicted molar refractivity (Wildman–Crippen MR) is 112 cm³/mol. The zero-order valence-corrected chi connectivity index (χ0v) is 17.9. The molecule has 166 valence electrons. The van der Waals surface area contributed by atoms with Gasteiger partial charge in [-0.15, -0.1) is 0 Å². The van der Waals surface area contributed by atoms with Crippen molar-refractivity contribution in [2.75, 3.05) is 39.3 Å². The number of carbonyl (C=O) groups is 1. The van der Waals surface area contributed by atoms with Crippen LogP contribution in [0.15, 0.2) is 53.4 Å². The van der Waals surface area contributed by atoms with Crippen LogP contribution < -0.4 is 0 Å². The van der Waals surface area contributed by atoms with Gasteiger partial charge in [0.1, 0.15) is 0 Å². The zero-order chi connectivity index (χ0) is 22.0. The Hall–Kier alpha value is -2.36. The molecule has 2 aromatic rings. The molecule has 0 saturated carbocycles. The molecule has 31 heavy (non-hydrogen) atoms. The smallest absolute Gasteiger partial charge is 0.254 e. The van der Waals surface area contributed by atoms with E-state index < -0.39 is 27.6 Å². The first-order valence-corrected chi connectivity index (χ1v) is 11.8. The van der Waals surface area contributed by atoms with Gasteiger partial charge in [-0.05, 0) is 56.3 Å². The molecule has 0 spiro atoms. The number of hydrogen-bond acceptors (Lipinski definition) is 4. The third-order valence-corrected chi connectivity index (χ3v) is 7.87. The molecule has 2 aliphatic rings. The van der Waals surface area contributed by atoms with Gasteiger partial charge in [0.15, 0.2) is 11.6 Å². The second-order valence-corrected chi connectivity index (χ2v) is 9.86. The summed E-state index contributed by atoms with van der Waals surface area (Å²) in [6.45, 7) is 3.33. The van der Waals surface area contributed by atoms with Crippen molar-refractivity contribution in [3.8, 4) is 0 Å². The molecule has 2 aromatic carbocycles. The molecule has 2 fully saturated rings. The summed E-state index contributed by atoms with van der Waals surface area (Å²) in [5.41, 5.74) is 0.0480. The summed E-state index contributed by atoms with van der Waals surface area (Å²) in [6, 6.07) is 10.9. The molecule has 4 rings (SSSR count). The van der Waals surface area contributed by atoms with Gasteiger partial charge in [0.2, 0.25) is 10.0 Å². The average Bonchev–Trinajstić information content (AvgIpc) is 3.25. The number of halogens is 2. The fourth-order valence-corrected chi connectivity index (χ4v) is 5.71. The van der Waals surface area contributed by atoms with Crippen molar-refractivity contribution in [1.29, 1.82) is 0 Å². The lowest BCUT2D eigenvalue weighted by atomic mass is 10.1. The molecule has 2 saturated heterocycles. The molecule has 0 N–H and O–H groups in total. The van der Waals surface area contributed by atoms with Crippen LogP contribution in [-0.4, -0.2) is 73.7 Å². The first kappa shape index (κ1) is 21.9. The summed E-state index contributed by atoms with van der Waals surface area (Å²) in [4.78, 5) is 16.5. The molecule has 0 atom stereocenters. The second kappa shape index (κ2) is 9.02. The maximum Gasteiger partial charge on any atom is 0.254 e. The number of benzene rings is 2. The minimum absolute atomic E-state index is 0.0480. The van der Waals surface area contributed by atoms with Crippen LogP contribution in [-0.2, 0) is 10.0 Å². The van der Waals surface area contributed by atoms with E-state index in [0.717, 1.165) is 38.1 Å². The highest BCUT2D eigenvalue weighted by Gasteiger charge is 2.41. The Morgan fingerprint density at radius 2 is 1.68 bits per heavy atom. The Bertz CT molecular complexity index is 1040. The molecule has 1 amide bonds. The van der Waals surface area contributed by atoms with E-state index in [2.05, 4.69) is 4.90 Å². The summed E-state index contributed by atoms with van der Waals surface area (Å²) in [6.07, 6.45) is 2.23. The van der Waals surface area contributed by atoms with Crippen molar-refractivity contribution in [3.05, 3.63) is 65.7 Å². The van der Waals surface area contributed by atoms with E-state index in [9.17, 15) is 22.0 Å². The van der Waals surface area contributed by atoms with Crippen LogP contribution in [0, 0.1) is 11.6 Å². The van der Waals surface area contributed by atoms with E-state index in [1.165, 1.54) is 15.3 Å². The maximum absolute atomic E-state index is 13.5. The van der Waals surface area contributed by atoms with E-state index in [-0.39, 0.29) is 29.6 Å².